The lowest BCUT2D eigenvalue weighted by Crippen LogP contribution is -2.50. The number of hydrogen-bond acceptors (Lipinski definition) is 3. The Morgan fingerprint density at radius 1 is 1.27 bits per heavy atom. The maximum Gasteiger partial charge on any atom is 0.250 e. The van der Waals surface area contributed by atoms with Crippen molar-refractivity contribution in [3.8, 4) is 0 Å². The second-order valence-electron chi connectivity index (χ2n) is 6.99. The van der Waals surface area contributed by atoms with Crippen LogP contribution in [-0.4, -0.2) is 54.2 Å². The Labute approximate surface area is 174 Å². The summed E-state index contributed by atoms with van der Waals surface area (Å²) >= 11 is 0. The normalized spacial score (nSPS) is 16.4. The Hall–Kier alpha value is -1.09. The highest BCUT2D eigenvalue weighted by Gasteiger charge is 2.21. The zero-order valence-corrected chi connectivity index (χ0v) is 18.6. The summed E-state index contributed by atoms with van der Waals surface area (Å²) in [4.78, 5) is 18.5. The van der Waals surface area contributed by atoms with Crippen LogP contribution < -0.4 is 16.2 Å². The average Bonchev–Trinajstić information content (AvgIpc) is 2.62. The number of unbranched alkanes of at least 4 members (excludes halogenated alkanes) is 1. The molecule has 1 aromatic heterocycles. The van der Waals surface area contributed by atoms with E-state index in [9.17, 15) is 4.79 Å². The lowest BCUT2D eigenvalue weighted by atomic mass is 10.0. The van der Waals surface area contributed by atoms with Gasteiger partial charge in [-0.15, -0.1) is 24.0 Å². The molecule has 0 bridgehead atoms. The second kappa shape index (κ2) is 12.3. The molecular weight excluding hydrogens is 441 g/mol. The molecule has 2 rings (SSSR count). The molecule has 1 aromatic rings. The first kappa shape index (κ1) is 23.0. The molecule has 1 fully saturated rings. The molecule has 7 heteroatoms. The predicted octanol–water partition coefficient (Wildman–Crippen LogP) is 2.28. The molecule has 0 atom stereocenters. The van der Waals surface area contributed by atoms with E-state index < -0.39 is 0 Å². The van der Waals surface area contributed by atoms with Gasteiger partial charge in [-0.25, -0.2) is 0 Å². The molecule has 148 valence electrons. The van der Waals surface area contributed by atoms with Gasteiger partial charge in [0.25, 0.3) is 0 Å². The average molecular weight is 475 g/mol. The van der Waals surface area contributed by atoms with E-state index >= 15 is 0 Å². The Morgan fingerprint density at radius 3 is 2.62 bits per heavy atom. The summed E-state index contributed by atoms with van der Waals surface area (Å²) in [5, 5.41) is 6.93. The van der Waals surface area contributed by atoms with Gasteiger partial charge < -0.3 is 20.1 Å². The summed E-state index contributed by atoms with van der Waals surface area (Å²) in [6.45, 7) is 8.46. The number of halogens is 1. The Balaban J connectivity index is 0.00000338. The fourth-order valence-electron chi connectivity index (χ4n) is 3.21. The molecule has 1 aliphatic heterocycles. The van der Waals surface area contributed by atoms with Gasteiger partial charge in [0.1, 0.15) is 0 Å². The molecule has 0 saturated carbocycles. The molecule has 0 radical (unpaired) electrons. The SMILES string of the molecule is CN=C(NCCCCn1ccccc1=O)NC1CCN(C(C)C)CC1.I. The highest BCUT2D eigenvalue weighted by Crippen LogP contribution is 2.12. The van der Waals surface area contributed by atoms with Crippen molar-refractivity contribution in [3.63, 3.8) is 0 Å². The smallest absolute Gasteiger partial charge is 0.250 e. The van der Waals surface area contributed by atoms with E-state index in [1.165, 1.54) is 0 Å². The number of aryl methyl sites for hydroxylation is 1. The molecule has 6 nitrogen and oxygen atoms in total. The molecule has 0 unspecified atom stereocenters. The van der Waals surface area contributed by atoms with Gasteiger partial charge >= 0.3 is 0 Å². The molecule has 0 aromatic carbocycles. The molecule has 2 N–H and O–H groups in total. The molecule has 26 heavy (non-hydrogen) atoms. The fraction of sp³-hybridized carbons (Fsp3) is 0.684. The van der Waals surface area contributed by atoms with Crippen molar-refractivity contribution in [2.24, 2.45) is 4.99 Å². The monoisotopic (exact) mass is 475 g/mol. The van der Waals surface area contributed by atoms with E-state index in [-0.39, 0.29) is 29.5 Å². The molecule has 2 heterocycles. The van der Waals surface area contributed by atoms with E-state index in [1.54, 1.807) is 16.7 Å². The largest absolute Gasteiger partial charge is 0.356 e. The zero-order valence-electron chi connectivity index (χ0n) is 16.3. The van der Waals surface area contributed by atoms with Gasteiger partial charge in [-0.2, -0.15) is 0 Å². The minimum Gasteiger partial charge on any atom is -0.356 e. The third kappa shape index (κ3) is 7.65. The van der Waals surface area contributed by atoms with E-state index in [0.29, 0.717) is 12.1 Å². The van der Waals surface area contributed by atoms with Gasteiger partial charge in [-0.05, 0) is 45.6 Å². The van der Waals surface area contributed by atoms with Crippen LogP contribution in [0.2, 0.25) is 0 Å². The summed E-state index contributed by atoms with van der Waals surface area (Å²) in [6.07, 6.45) is 6.15. The summed E-state index contributed by atoms with van der Waals surface area (Å²) in [7, 11) is 1.82. The van der Waals surface area contributed by atoms with E-state index in [4.69, 9.17) is 0 Å². The maximum absolute atomic E-state index is 11.6. The lowest BCUT2D eigenvalue weighted by molar-refractivity contribution is 0.167. The van der Waals surface area contributed by atoms with Gasteiger partial charge in [-0.1, -0.05) is 6.07 Å². The van der Waals surface area contributed by atoms with Crippen molar-refractivity contribution in [1.29, 1.82) is 0 Å². The van der Waals surface area contributed by atoms with Crippen LogP contribution in [0, 0.1) is 0 Å². The number of aliphatic imine (C=N–C) groups is 1. The van der Waals surface area contributed by atoms with Gasteiger partial charge in [0.05, 0.1) is 0 Å². The van der Waals surface area contributed by atoms with Crippen LogP contribution in [0.3, 0.4) is 0 Å². The number of rotatable bonds is 7. The lowest BCUT2D eigenvalue weighted by Gasteiger charge is -2.35. The summed E-state index contributed by atoms with van der Waals surface area (Å²) in [5.41, 5.74) is 0.0701. The molecule has 1 aliphatic rings. The number of guanidine groups is 1. The molecule has 0 spiro atoms. The van der Waals surface area contributed by atoms with Crippen molar-refractivity contribution >= 4 is 29.9 Å². The number of piperidine rings is 1. The van der Waals surface area contributed by atoms with E-state index in [0.717, 1.165) is 57.8 Å². The summed E-state index contributed by atoms with van der Waals surface area (Å²) in [6, 6.07) is 6.42. The third-order valence-corrected chi connectivity index (χ3v) is 4.84. The van der Waals surface area contributed by atoms with Crippen molar-refractivity contribution in [3.05, 3.63) is 34.7 Å². The topological polar surface area (TPSA) is 61.7 Å². The first-order valence-electron chi connectivity index (χ1n) is 9.47. The molecule has 0 amide bonds. The van der Waals surface area contributed by atoms with Crippen LogP contribution in [0.15, 0.2) is 34.2 Å². The number of hydrogen-bond donors (Lipinski definition) is 2. The second-order valence-corrected chi connectivity index (χ2v) is 6.99. The van der Waals surface area contributed by atoms with Crippen LogP contribution in [-0.2, 0) is 6.54 Å². The molecule has 1 saturated heterocycles. The maximum atomic E-state index is 11.6. The highest BCUT2D eigenvalue weighted by atomic mass is 127. The van der Waals surface area contributed by atoms with E-state index in [1.807, 2.05) is 19.3 Å². The summed E-state index contributed by atoms with van der Waals surface area (Å²) < 4.78 is 1.76. The van der Waals surface area contributed by atoms with Gasteiger partial charge in [-0.3, -0.25) is 9.79 Å². The predicted molar refractivity (Wildman–Crippen MR) is 120 cm³/mol. The number of nitrogens with one attached hydrogen (secondary N) is 2. The van der Waals surface area contributed by atoms with Crippen molar-refractivity contribution in [2.45, 2.75) is 58.2 Å². The van der Waals surface area contributed by atoms with Crippen molar-refractivity contribution in [1.82, 2.24) is 20.1 Å². The summed E-state index contributed by atoms with van der Waals surface area (Å²) in [5.74, 6) is 0.889. The quantitative estimate of drug-likeness (QED) is 0.275. The highest BCUT2D eigenvalue weighted by molar-refractivity contribution is 14.0. The Bertz CT molecular complexity index is 594. The minimum absolute atomic E-state index is 0. The number of nitrogens with zero attached hydrogens (tertiary/aromatic N) is 3. The number of pyridine rings is 1. The van der Waals surface area contributed by atoms with Crippen LogP contribution in [0.5, 0.6) is 0 Å². The number of aromatic nitrogens is 1. The van der Waals surface area contributed by atoms with Gasteiger partial charge in [0.15, 0.2) is 5.96 Å². The van der Waals surface area contributed by atoms with Crippen molar-refractivity contribution in [2.75, 3.05) is 26.7 Å². The number of likely N-dealkylation sites (tertiary alicyclic amines) is 1. The fourth-order valence-corrected chi connectivity index (χ4v) is 3.21. The van der Waals surface area contributed by atoms with Crippen LogP contribution in [0.25, 0.3) is 0 Å². The van der Waals surface area contributed by atoms with Gasteiger partial charge in [0.2, 0.25) is 5.56 Å². The zero-order chi connectivity index (χ0) is 18.1. The Morgan fingerprint density at radius 2 is 2.00 bits per heavy atom. The first-order valence-corrected chi connectivity index (χ1v) is 9.47. The van der Waals surface area contributed by atoms with Crippen LogP contribution in [0.1, 0.15) is 39.5 Å². The van der Waals surface area contributed by atoms with Crippen LogP contribution >= 0.6 is 24.0 Å². The van der Waals surface area contributed by atoms with Gasteiger partial charge in [0, 0.05) is 57.6 Å². The Kier molecular flexibility index (Phi) is 10.9. The molecule has 0 aliphatic carbocycles. The molecular formula is C19H34IN5O. The standard InChI is InChI=1S/C19H33N5O.HI/c1-16(2)23-14-9-17(10-15-23)22-19(20-3)21-11-5-7-13-24-12-6-4-8-18(24)25;/h4,6,8,12,16-17H,5,7,9-11,13-15H2,1-3H3,(H2,20,21,22);1H. The third-order valence-electron chi connectivity index (χ3n) is 4.84. The van der Waals surface area contributed by atoms with E-state index in [2.05, 4.69) is 34.4 Å². The van der Waals surface area contributed by atoms with Crippen molar-refractivity contribution < 1.29 is 0 Å². The van der Waals surface area contributed by atoms with Crippen LogP contribution in [0.4, 0.5) is 0 Å². The minimum atomic E-state index is 0. The first-order chi connectivity index (χ1) is 12.1.